The van der Waals surface area contributed by atoms with Crippen molar-refractivity contribution in [1.29, 1.82) is 0 Å². The number of anilines is 4. The van der Waals surface area contributed by atoms with Gasteiger partial charge >= 0.3 is 6.09 Å². The summed E-state index contributed by atoms with van der Waals surface area (Å²) in [6.45, 7) is 0.275. The van der Waals surface area contributed by atoms with Crippen LogP contribution in [0, 0.1) is 0 Å². The number of methoxy groups -OCH3 is 1. The molecule has 4 rings (SSSR count). The molecule has 0 saturated heterocycles. The Balaban J connectivity index is 1.58. The van der Waals surface area contributed by atoms with Crippen LogP contribution in [-0.2, 0) is 21.2 Å². The number of carbonyl (C=O) groups is 1. The smallest absolute Gasteiger partial charge is 0.414 e. The van der Waals surface area contributed by atoms with Gasteiger partial charge in [0.05, 0.1) is 37.5 Å². The molecule has 0 spiro atoms. The van der Waals surface area contributed by atoms with E-state index in [1.165, 1.54) is 18.2 Å². The number of aromatic nitrogens is 2. The van der Waals surface area contributed by atoms with Gasteiger partial charge in [0.25, 0.3) is 0 Å². The Morgan fingerprint density at radius 1 is 1.23 bits per heavy atom. The third-order valence-corrected chi connectivity index (χ3v) is 7.08. The Kier molecular flexibility index (Phi) is 7.53. The van der Waals surface area contributed by atoms with E-state index in [1.807, 2.05) is 6.07 Å². The predicted octanol–water partition coefficient (Wildman–Crippen LogP) is 3.28. The number of nitrogens with zero attached hydrogens (tertiary/aromatic N) is 3. The number of nitrogens with one attached hydrogen (secondary N) is 3. The van der Waals surface area contributed by atoms with E-state index in [0.717, 1.165) is 37.5 Å². The molecule has 0 bridgehead atoms. The normalized spacial score (nSPS) is 20.5. The Morgan fingerprint density at radius 2 is 1.97 bits per heavy atom. The fraction of sp³-hybridized carbons (Fsp3) is 0.500. The number of fused-ring (bicyclic) bond motifs is 1. The van der Waals surface area contributed by atoms with Crippen LogP contribution in [0.5, 0.6) is 5.75 Å². The minimum atomic E-state index is -3.35. The van der Waals surface area contributed by atoms with Gasteiger partial charge in [-0.05, 0) is 24.5 Å². The molecule has 0 unspecified atom stereocenters. The van der Waals surface area contributed by atoms with Crippen LogP contribution in [0.3, 0.4) is 0 Å². The van der Waals surface area contributed by atoms with E-state index in [2.05, 4.69) is 25.3 Å². The molecule has 190 valence electrons. The highest BCUT2D eigenvalue weighted by molar-refractivity contribution is 7.88. The van der Waals surface area contributed by atoms with Gasteiger partial charge in [-0.15, -0.1) is 0 Å². The van der Waals surface area contributed by atoms with Gasteiger partial charge in [-0.3, -0.25) is 4.90 Å². The standard InChI is InChI=1S/C22H29ClN6O5S/c1-29-18-11-19(33-2)17(10-13(18)8-9-34-22(29)30)26-21-24-12-14(23)20(27-21)25-15-6-4-5-7-16(15)28-35(3,31)32/h10-12,15-16,28H,4-9H2,1-3H3,(H2,24,25,26,27)/t15-,16-/m1/s1. The Hall–Kier alpha value is -2.83. The summed E-state index contributed by atoms with van der Waals surface area (Å²) < 4.78 is 37.1. The van der Waals surface area contributed by atoms with Crippen LogP contribution in [0.25, 0.3) is 0 Å². The molecular weight excluding hydrogens is 496 g/mol. The van der Waals surface area contributed by atoms with E-state index in [0.29, 0.717) is 34.4 Å². The fourth-order valence-corrected chi connectivity index (χ4v) is 5.36. The van der Waals surface area contributed by atoms with Crippen molar-refractivity contribution < 1.29 is 22.7 Å². The zero-order valence-electron chi connectivity index (χ0n) is 19.8. The minimum absolute atomic E-state index is 0.158. The van der Waals surface area contributed by atoms with Crippen molar-refractivity contribution in [3.05, 3.63) is 28.9 Å². The molecule has 1 fully saturated rings. The van der Waals surface area contributed by atoms with E-state index in [-0.39, 0.29) is 24.6 Å². The van der Waals surface area contributed by atoms with Crippen LogP contribution >= 0.6 is 11.6 Å². The highest BCUT2D eigenvalue weighted by atomic mass is 35.5. The van der Waals surface area contributed by atoms with Crippen molar-refractivity contribution >= 4 is 50.9 Å². The second-order valence-electron chi connectivity index (χ2n) is 8.65. The second-order valence-corrected chi connectivity index (χ2v) is 10.8. The van der Waals surface area contributed by atoms with Crippen LogP contribution in [0.4, 0.5) is 27.9 Å². The highest BCUT2D eigenvalue weighted by Crippen LogP contribution is 2.36. The average Bonchev–Trinajstić information content (AvgIpc) is 2.94. The predicted molar refractivity (Wildman–Crippen MR) is 134 cm³/mol. The summed E-state index contributed by atoms with van der Waals surface area (Å²) in [5.74, 6) is 1.19. The fourth-order valence-electron chi connectivity index (χ4n) is 4.38. The first-order valence-corrected chi connectivity index (χ1v) is 13.6. The summed E-state index contributed by atoms with van der Waals surface area (Å²) in [7, 11) is -0.162. The van der Waals surface area contributed by atoms with E-state index in [9.17, 15) is 13.2 Å². The molecule has 1 aromatic carbocycles. The number of ether oxygens (including phenoxy) is 2. The van der Waals surface area contributed by atoms with Gasteiger partial charge < -0.3 is 20.1 Å². The molecule has 1 aromatic heterocycles. The maximum Gasteiger partial charge on any atom is 0.414 e. The third kappa shape index (κ3) is 6.06. The summed E-state index contributed by atoms with van der Waals surface area (Å²) in [4.78, 5) is 22.3. The van der Waals surface area contributed by atoms with Gasteiger partial charge in [-0.25, -0.2) is 22.9 Å². The lowest BCUT2D eigenvalue weighted by Gasteiger charge is -2.32. The molecule has 1 aliphatic carbocycles. The summed E-state index contributed by atoms with van der Waals surface area (Å²) in [5, 5.41) is 6.80. The molecule has 1 saturated carbocycles. The minimum Gasteiger partial charge on any atom is -0.494 e. The van der Waals surface area contributed by atoms with Gasteiger partial charge in [0.2, 0.25) is 16.0 Å². The first kappa shape index (κ1) is 25.3. The number of hydrogen-bond donors (Lipinski definition) is 3. The topological polar surface area (TPSA) is 135 Å². The van der Waals surface area contributed by atoms with Crippen LogP contribution < -0.4 is 25.0 Å². The van der Waals surface area contributed by atoms with E-state index in [4.69, 9.17) is 21.1 Å². The number of carbonyl (C=O) groups excluding carboxylic acids is 1. The number of amides is 1. The first-order chi connectivity index (χ1) is 16.6. The zero-order valence-corrected chi connectivity index (χ0v) is 21.4. The number of hydrogen-bond acceptors (Lipinski definition) is 9. The average molecular weight is 525 g/mol. The van der Waals surface area contributed by atoms with E-state index >= 15 is 0 Å². The second kappa shape index (κ2) is 10.4. The van der Waals surface area contributed by atoms with Crippen molar-refractivity contribution in [2.75, 3.05) is 42.6 Å². The lowest BCUT2D eigenvalue weighted by molar-refractivity contribution is 0.159. The lowest BCUT2D eigenvalue weighted by atomic mass is 9.91. The molecular formula is C22H29ClN6O5S. The highest BCUT2D eigenvalue weighted by Gasteiger charge is 2.28. The van der Waals surface area contributed by atoms with Gasteiger partial charge in [0.1, 0.15) is 10.8 Å². The van der Waals surface area contributed by atoms with Crippen LogP contribution in [-0.4, -0.2) is 63.6 Å². The molecule has 2 atom stereocenters. The van der Waals surface area contributed by atoms with Gasteiger partial charge in [0.15, 0.2) is 5.82 Å². The van der Waals surface area contributed by atoms with E-state index in [1.54, 1.807) is 13.1 Å². The number of cyclic esters (lactones) is 1. The molecule has 13 heteroatoms. The molecule has 2 heterocycles. The Morgan fingerprint density at radius 3 is 2.69 bits per heavy atom. The van der Waals surface area contributed by atoms with Crippen molar-refractivity contribution in [3.8, 4) is 5.75 Å². The zero-order chi connectivity index (χ0) is 25.2. The summed E-state index contributed by atoms with van der Waals surface area (Å²) >= 11 is 6.37. The van der Waals surface area contributed by atoms with E-state index < -0.39 is 16.1 Å². The molecule has 0 radical (unpaired) electrons. The first-order valence-electron chi connectivity index (χ1n) is 11.3. The Bertz CT molecular complexity index is 1210. The van der Waals surface area contributed by atoms with Gasteiger partial charge in [-0.1, -0.05) is 24.4 Å². The van der Waals surface area contributed by atoms with Gasteiger partial charge in [-0.2, -0.15) is 4.98 Å². The molecule has 35 heavy (non-hydrogen) atoms. The van der Waals surface area contributed by atoms with Gasteiger partial charge in [0, 0.05) is 31.6 Å². The number of halogens is 1. The van der Waals surface area contributed by atoms with Crippen LogP contribution in [0.15, 0.2) is 18.3 Å². The number of sulfonamides is 1. The number of rotatable bonds is 7. The maximum absolute atomic E-state index is 12.1. The summed E-state index contributed by atoms with van der Waals surface area (Å²) in [5.41, 5.74) is 2.23. The molecule has 1 aliphatic heterocycles. The molecule has 11 nitrogen and oxygen atoms in total. The third-order valence-electron chi connectivity index (χ3n) is 6.08. The molecule has 1 amide bonds. The Labute approximate surface area is 209 Å². The molecule has 2 aliphatic rings. The monoisotopic (exact) mass is 524 g/mol. The maximum atomic E-state index is 12.1. The van der Waals surface area contributed by atoms with Crippen molar-refractivity contribution in [1.82, 2.24) is 14.7 Å². The summed E-state index contributed by atoms with van der Waals surface area (Å²) in [6, 6.07) is 3.23. The quantitative estimate of drug-likeness (QED) is 0.498. The van der Waals surface area contributed by atoms with Crippen LogP contribution in [0.2, 0.25) is 5.02 Å². The number of benzene rings is 1. The molecule has 2 aromatic rings. The van der Waals surface area contributed by atoms with Crippen molar-refractivity contribution in [2.45, 2.75) is 44.2 Å². The van der Waals surface area contributed by atoms with Crippen LogP contribution in [0.1, 0.15) is 31.2 Å². The molecule has 3 N–H and O–H groups in total. The largest absolute Gasteiger partial charge is 0.494 e. The van der Waals surface area contributed by atoms with Crippen molar-refractivity contribution in [2.24, 2.45) is 0 Å². The lowest BCUT2D eigenvalue weighted by Crippen LogP contribution is -2.48. The van der Waals surface area contributed by atoms with Crippen molar-refractivity contribution in [3.63, 3.8) is 0 Å². The SMILES string of the molecule is COc1cc2c(cc1Nc1ncc(Cl)c(N[C@@H]3CCCC[C@H]3NS(C)(=O)=O)n1)CCOC(=O)N2C. The summed E-state index contributed by atoms with van der Waals surface area (Å²) in [6.07, 6.45) is 6.20.